The van der Waals surface area contributed by atoms with Gasteiger partial charge in [0.2, 0.25) is 5.91 Å². The summed E-state index contributed by atoms with van der Waals surface area (Å²) in [6.45, 7) is 1.23. The Hall–Kier alpha value is -3.41. The number of rotatable bonds is 6. The normalized spacial score (nSPS) is 19.4. The highest BCUT2D eigenvalue weighted by Gasteiger charge is 2.48. The van der Waals surface area contributed by atoms with E-state index >= 15 is 0 Å². The van der Waals surface area contributed by atoms with E-state index in [9.17, 15) is 27.6 Å². The number of nitrogens with one attached hydrogen (secondary N) is 1. The Labute approximate surface area is 180 Å². The van der Waals surface area contributed by atoms with Crippen molar-refractivity contribution in [3.63, 3.8) is 0 Å². The number of hydrogen-bond acceptors (Lipinski definition) is 6. The number of pyridine rings is 1. The molecule has 2 fully saturated rings. The Bertz CT molecular complexity index is 994. The monoisotopic (exact) mass is 451 g/mol. The molecule has 0 radical (unpaired) electrons. The molecule has 9 nitrogen and oxygen atoms in total. The van der Waals surface area contributed by atoms with E-state index in [1.807, 2.05) is 11.0 Å². The van der Waals surface area contributed by atoms with Crippen LogP contribution in [-0.2, 0) is 28.9 Å². The van der Waals surface area contributed by atoms with Crippen LogP contribution in [-0.4, -0.2) is 69.8 Å². The number of aromatic nitrogens is 1. The highest BCUT2D eigenvalue weighted by atomic mass is 19.4. The number of nitrogens with zero attached hydrogens (tertiary/aromatic N) is 4. The van der Waals surface area contributed by atoms with E-state index in [1.54, 1.807) is 12.3 Å². The quantitative estimate of drug-likeness (QED) is 0.668. The minimum absolute atomic E-state index is 0.0791. The SMILES string of the molecule is O=C(CN1C(=O)C2CN(Cc3ccco3)CCN2C1=O)NCc1ccc(C(F)(F)F)nc1. The maximum Gasteiger partial charge on any atom is 0.433 e. The summed E-state index contributed by atoms with van der Waals surface area (Å²) in [4.78, 5) is 45.3. The highest BCUT2D eigenvalue weighted by Crippen LogP contribution is 2.27. The number of amides is 4. The van der Waals surface area contributed by atoms with Crippen LogP contribution in [0, 0.1) is 0 Å². The molecule has 2 aromatic rings. The molecule has 0 aromatic carbocycles. The fourth-order valence-corrected chi connectivity index (χ4v) is 3.72. The molecule has 2 saturated heterocycles. The molecule has 0 aliphatic carbocycles. The average Bonchev–Trinajstić information content (AvgIpc) is 3.35. The summed E-state index contributed by atoms with van der Waals surface area (Å²) in [6.07, 6.45) is -1.96. The first-order valence-corrected chi connectivity index (χ1v) is 9.88. The van der Waals surface area contributed by atoms with Crippen molar-refractivity contribution in [2.75, 3.05) is 26.2 Å². The fourth-order valence-electron chi connectivity index (χ4n) is 3.72. The second-order valence-corrected chi connectivity index (χ2v) is 7.56. The number of furan rings is 1. The van der Waals surface area contributed by atoms with Gasteiger partial charge in [0.25, 0.3) is 5.91 Å². The molecule has 1 atom stereocenters. The maximum absolute atomic E-state index is 12.8. The van der Waals surface area contributed by atoms with Gasteiger partial charge >= 0.3 is 12.2 Å². The summed E-state index contributed by atoms with van der Waals surface area (Å²) in [7, 11) is 0. The minimum Gasteiger partial charge on any atom is -0.468 e. The van der Waals surface area contributed by atoms with Crippen LogP contribution in [0.3, 0.4) is 0 Å². The zero-order chi connectivity index (χ0) is 22.9. The molecular formula is C20H20F3N5O4. The van der Waals surface area contributed by atoms with Gasteiger partial charge in [-0.3, -0.25) is 24.4 Å². The number of hydrogen-bond donors (Lipinski definition) is 1. The van der Waals surface area contributed by atoms with Gasteiger partial charge in [-0.25, -0.2) is 4.79 Å². The standard InChI is InChI=1S/C20H20F3N5O4/c21-20(22,23)16-4-3-13(8-24-16)9-25-17(29)12-28-18(30)15-11-26(5-6-27(15)19(28)31)10-14-2-1-7-32-14/h1-4,7-8,15H,5-6,9-12H2,(H,25,29). The van der Waals surface area contributed by atoms with Crippen LogP contribution in [0.25, 0.3) is 0 Å². The van der Waals surface area contributed by atoms with Crippen molar-refractivity contribution in [1.82, 2.24) is 25.0 Å². The lowest BCUT2D eigenvalue weighted by molar-refractivity contribution is -0.141. The first-order chi connectivity index (χ1) is 15.2. The number of carbonyl (C=O) groups excluding carboxylic acids is 3. The molecule has 12 heteroatoms. The summed E-state index contributed by atoms with van der Waals surface area (Å²) in [5.74, 6) is -0.298. The highest BCUT2D eigenvalue weighted by molar-refractivity contribution is 6.06. The molecule has 4 amide bonds. The Morgan fingerprint density at radius 3 is 2.69 bits per heavy atom. The number of alkyl halides is 3. The van der Waals surface area contributed by atoms with Gasteiger partial charge in [0.15, 0.2) is 0 Å². The summed E-state index contributed by atoms with van der Waals surface area (Å²) >= 11 is 0. The van der Waals surface area contributed by atoms with Gasteiger partial charge < -0.3 is 14.6 Å². The largest absolute Gasteiger partial charge is 0.468 e. The molecular weight excluding hydrogens is 431 g/mol. The third kappa shape index (κ3) is 4.59. The Morgan fingerprint density at radius 1 is 1.22 bits per heavy atom. The third-order valence-electron chi connectivity index (χ3n) is 5.36. The van der Waals surface area contributed by atoms with Crippen molar-refractivity contribution in [2.24, 2.45) is 0 Å². The van der Waals surface area contributed by atoms with Crippen LogP contribution < -0.4 is 5.32 Å². The summed E-state index contributed by atoms with van der Waals surface area (Å²) < 4.78 is 43.0. The average molecular weight is 451 g/mol. The maximum atomic E-state index is 12.8. The van der Waals surface area contributed by atoms with Crippen molar-refractivity contribution in [2.45, 2.75) is 25.3 Å². The molecule has 1 unspecified atom stereocenters. The molecule has 2 aromatic heterocycles. The Morgan fingerprint density at radius 2 is 2.03 bits per heavy atom. The summed E-state index contributed by atoms with van der Waals surface area (Å²) in [5.41, 5.74) is -0.671. The number of fused-ring (bicyclic) bond motifs is 1. The van der Waals surface area contributed by atoms with E-state index in [0.717, 1.165) is 22.9 Å². The predicted molar refractivity (Wildman–Crippen MR) is 103 cm³/mol. The van der Waals surface area contributed by atoms with Crippen molar-refractivity contribution in [3.8, 4) is 0 Å². The van der Waals surface area contributed by atoms with E-state index in [4.69, 9.17) is 4.42 Å². The zero-order valence-electron chi connectivity index (χ0n) is 16.8. The van der Waals surface area contributed by atoms with E-state index < -0.39 is 42.3 Å². The fraction of sp³-hybridized carbons (Fsp3) is 0.400. The lowest BCUT2D eigenvalue weighted by Crippen LogP contribution is -2.52. The molecule has 4 rings (SSSR count). The van der Waals surface area contributed by atoms with E-state index in [-0.39, 0.29) is 6.54 Å². The smallest absolute Gasteiger partial charge is 0.433 e. The lowest BCUT2D eigenvalue weighted by atomic mass is 10.2. The number of piperazine rings is 1. The second kappa shape index (κ2) is 8.61. The molecule has 32 heavy (non-hydrogen) atoms. The van der Waals surface area contributed by atoms with Gasteiger partial charge in [0.1, 0.15) is 24.0 Å². The van der Waals surface area contributed by atoms with Crippen LogP contribution in [0.5, 0.6) is 0 Å². The first-order valence-electron chi connectivity index (χ1n) is 9.88. The molecule has 1 N–H and O–H groups in total. The van der Waals surface area contributed by atoms with Crippen molar-refractivity contribution in [1.29, 1.82) is 0 Å². The van der Waals surface area contributed by atoms with Crippen molar-refractivity contribution < 1.29 is 32.0 Å². The zero-order valence-corrected chi connectivity index (χ0v) is 16.8. The van der Waals surface area contributed by atoms with Crippen LogP contribution in [0.2, 0.25) is 0 Å². The summed E-state index contributed by atoms with van der Waals surface area (Å²) in [5, 5.41) is 2.50. The van der Waals surface area contributed by atoms with Gasteiger partial charge in [0.05, 0.1) is 12.8 Å². The van der Waals surface area contributed by atoms with Crippen molar-refractivity contribution in [3.05, 3.63) is 53.7 Å². The van der Waals surface area contributed by atoms with Crippen LogP contribution in [0.4, 0.5) is 18.0 Å². The molecule has 0 saturated carbocycles. The van der Waals surface area contributed by atoms with Crippen LogP contribution >= 0.6 is 0 Å². The number of halogens is 3. The van der Waals surface area contributed by atoms with E-state index in [0.29, 0.717) is 31.7 Å². The Balaban J connectivity index is 1.31. The van der Waals surface area contributed by atoms with E-state index in [2.05, 4.69) is 10.3 Å². The number of imide groups is 1. The topological polar surface area (TPSA) is 99.0 Å². The van der Waals surface area contributed by atoms with Crippen LogP contribution in [0.15, 0.2) is 41.1 Å². The first kappa shape index (κ1) is 21.8. The second-order valence-electron chi connectivity index (χ2n) is 7.56. The molecule has 2 aliphatic rings. The third-order valence-corrected chi connectivity index (χ3v) is 5.36. The summed E-state index contributed by atoms with van der Waals surface area (Å²) in [6, 6.07) is 4.44. The van der Waals surface area contributed by atoms with Gasteiger partial charge in [-0.2, -0.15) is 13.2 Å². The molecule has 0 spiro atoms. The molecule has 2 aliphatic heterocycles. The number of urea groups is 1. The predicted octanol–water partition coefficient (Wildman–Crippen LogP) is 1.46. The van der Waals surface area contributed by atoms with Crippen LogP contribution in [0.1, 0.15) is 17.0 Å². The van der Waals surface area contributed by atoms with Gasteiger partial charge in [-0.05, 0) is 23.8 Å². The Kier molecular flexibility index (Phi) is 5.87. The van der Waals surface area contributed by atoms with Gasteiger partial charge in [-0.1, -0.05) is 6.07 Å². The lowest BCUT2D eigenvalue weighted by Gasteiger charge is -2.34. The van der Waals surface area contributed by atoms with Crippen molar-refractivity contribution >= 4 is 17.8 Å². The molecule has 4 heterocycles. The number of carbonyl (C=O) groups is 3. The molecule has 170 valence electrons. The van der Waals surface area contributed by atoms with E-state index in [1.165, 1.54) is 11.0 Å². The van der Waals surface area contributed by atoms with Gasteiger partial charge in [-0.15, -0.1) is 0 Å². The minimum atomic E-state index is -4.54. The molecule has 0 bridgehead atoms. The van der Waals surface area contributed by atoms with Gasteiger partial charge in [0, 0.05) is 32.4 Å².